The van der Waals surface area contributed by atoms with Gasteiger partial charge >= 0.3 is 0 Å². The molecule has 0 aliphatic carbocycles. The number of nitrogens with zero attached hydrogens (tertiary/aromatic N) is 2. The molecule has 100 valence electrons. The first kappa shape index (κ1) is 13.6. The van der Waals surface area contributed by atoms with Gasteiger partial charge in [0.05, 0.1) is 0 Å². The smallest absolute Gasteiger partial charge is 0.0224 e. The van der Waals surface area contributed by atoms with Crippen molar-refractivity contribution in [3.05, 3.63) is 0 Å². The third kappa shape index (κ3) is 3.34. The van der Waals surface area contributed by atoms with Gasteiger partial charge in [0.15, 0.2) is 0 Å². The molecule has 0 aromatic rings. The topological polar surface area (TPSA) is 18.5 Å². The number of piperidine rings is 1. The summed E-state index contributed by atoms with van der Waals surface area (Å²) < 4.78 is 0. The molecule has 3 rings (SSSR count). The lowest BCUT2D eigenvalue weighted by Gasteiger charge is -2.39. The lowest BCUT2D eigenvalue weighted by Crippen LogP contribution is -2.52. The second-order valence-electron chi connectivity index (χ2n) is 5.80. The molecule has 4 heteroatoms. The molecule has 3 saturated heterocycles. The van der Waals surface area contributed by atoms with Crippen molar-refractivity contribution in [3.8, 4) is 0 Å². The van der Waals surface area contributed by atoms with Crippen molar-refractivity contribution in [2.75, 3.05) is 45.8 Å². The second-order valence-corrected chi connectivity index (χ2v) is 5.80. The van der Waals surface area contributed by atoms with Crippen LogP contribution in [0.1, 0.15) is 25.7 Å². The molecule has 3 fully saturated rings. The molecule has 3 nitrogen and oxygen atoms in total. The number of piperazine rings is 1. The van der Waals surface area contributed by atoms with Gasteiger partial charge in [-0.25, -0.2) is 0 Å². The maximum absolute atomic E-state index is 3.53. The summed E-state index contributed by atoms with van der Waals surface area (Å²) in [6.07, 6.45) is 5.70. The minimum atomic E-state index is 0. The van der Waals surface area contributed by atoms with E-state index in [0.29, 0.717) is 0 Å². The quantitative estimate of drug-likeness (QED) is 0.804. The molecule has 0 aromatic heterocycles. The minimum Gasteiger partial charge on any atom is -0.316 e. The van der Waals surface area contributed by atoms with Crippen LogP contribution in [-0.2, 0) is 0 Å². The van der Waals surface area contributed by atoms with Gasteiger partial charge in [0.1, 0.15) is 0 Å². The molecular weight excluding hydrogens is 234 g/mol. The number of rotatable bonds is 2. The number of fused-ring (bicyclic) bond motifs is 1. The summed E-state index contributed by atoms with van der Waals surface area (Å²) in [7, 11) is 0. The van der Waals surface area contributed by atoms with Crippen molar-refractivity contribution < 1.29 is 0 Å². The third-order valence-electron chi connectivity index (χ3n) is 4.59. The summed E-state index contributed by atoms with van der Waals surface area (Å²) >= 11 is 0. The molecule has 2 atom stereocenters. The predicted molar refractivity (Wildman–Crippen MR) is 73.9 cm³/mol. The molecule has 0 spiro atoms. The first-order valence-corrected chi connectivity index (χ1v) is 7.09. The van der Waals surface area contributed by atoms with Crippen molar-refractivity contribution in [3.63, 3.8) is 0 Å². The SMILES string of the molecule is C1CNCC(CN2CCN3CCCC3C2)C1.Cl. The fourth-order valence-corrected chi connectivity index (χ4v) is 3.67. The highest BCUT2D eigenvalue weighted by molar-refractivity contribution is 5.85. The summed E-state index contributed by atoms with van der Waals surface area (Å²) in [4.78, 5) is 5.43. The molecule has 2 unspecified atom stereocenters. The average Bonchev–Trinajstić information content (AvgIpc) is 2.77. The van der Waals surface area contributed by atoms with E-state index in [1.807, 2.05) is 0 Å². The lowest BCUT2D eigenvalue weighted by atomic mass is 9.98. The highest BCUT2D eigenvalue weighted by Crippen LogP contribution is 2.22. The van der Waals surface area contributed by atoms with E-state index in [2.05, 4.69) is 15.1 Å². The Morgan fingerprint density at radius 2 is 2.00 bits per heavy atom. The molecular formula is C13H26ClN3. The van der Waals surface area contributed by atoms with Crippen LogP contribution in [0.3, 0.4) is 0 Å². The highest BCUT2D eigenvalue weighted by atomic mass is 35.5. The number of nitrogens with one attached hydrogen (secondary N) is 1. The summed E-state index contributed by atoms with van der Waals surface area (Å²) in [5.74, 6) is 0.918. The first-order chi connectivity index (χ1) is 7.92. The van der Waals surface area contributed by atoms with E-state index in [9.17, 15) is 0 Å². The standard InChI is InChI=1S/C13H25N3.ClH/c1-3-12(9-14-5-1)10-15-7-8-16-6-2-4-13(16)11-15;/h12-14H,1-11H2;1H. The van der Waals surface area contributed by atoms with Crippen LogP contribution in [0.5, 0.6) is 0 Å². The highest BCUT2D eigenvalue weighted by Gasteiger charge is 2.31. The number of halogens is 1. The molecule has 0 amide bonds. The average molecular weight is 260 g/mol. The van der Waals surface area contributed by atoms with Crippen molar-refractivity contribution in [2.45, 2.75) is 31.7 Å². The van der Waals surface area contributed by atoms with Gasteiger partial charge in [0.25, 0.3) is 0 Å². The fraction of sp³-hybridized carbons (Fsp3) is 1.00. The van der Waals surface area contributed by atoms with E-state index in [-0.39, 0.29) is 12.4 Å². The normalized spacial score (nSPS) is 35.3. The molecule has 0 saturated carbocycles. The van der Waals surface area contributed by atoms with Gasteiger partial charge in [0, 0.05) is 32.2 Å². The molecule has 1 N–H and O–H groups in total. The van der Waals surface area contributed by atoms with Gasteiger partial charge in [-0.2, -0.15) is 0 Å². The molecule has 3 aliphatic heterocycles. The molecule has 0 radical (unpaired) electrons. The van der Waals surface area contributed by atoms with Gasteiger partial charge in [-0.15, -0.1) is 12.4 Å². The van der Waals surface area contributed by atoms with E-state index >= 15 is 0 Å². The van der Waals surface area contributed by atoms with Crippen molar-refractivity contribution in [1.82, 2.24) is 15.1 Å². The monoisotopic (exact) mass is 259 g/mol. The molecule has 3 heterocycles. The molecule has 0 aromatic carbocycles. The van der Waals surface area contributed by atoms with Gasteiger partial charge < -0.3 is 10.2 Å². The summed E-state index contributed by atoms with van der Waals surface area (Å²) in [5.41, 5.74) is 0. The van der Waals surface area contributed by atoms with Crippen LogP contribution in [0, 0.1) is 5.92 Å². The van der Waals surface area contributed by atoms with Crippen molar-refractivity contribution in [2.24, 2.45) is 5.92 Å². The van der Waals surface area contributed by atoms with Crippen LogP contribution >= 0.6 is 12.4 Å². The van der Waals surface area contributed by atoms with E-state index in [0.717, 1.165) is 12.0 Å². The predicted octanol–water partition coefficient (Wildman–Crippen LogP) is 1.19. The van der Waals surface area contributed by atoms with Crippen LogP contribution in [0.25, 0.3) is 0 Å². The zero-order valence-electron chi connectivity index (χ0n) is 10.7. The third-order valence-corrected chi connectivity index (χ3v) is 4.59. The van der Waals surface area contributed by atoms with E-state index in [4.69, 9.17) is 0 Å². The van der Waals surface area contributed by atoms with Gasteiger partial charge in [-0.3, -0.25) is 4.90 Å². The zero-order valence-corrected chi connectivity index (χ0v) is 11.6. The van der Waals surface area contributed by atoms with Gasteiger partial charge in [-0.05, 0) is 51.2 Å². The van der Waals surface area contributed by atoms with Crippen LogP contribution in [-0.4, -0.2) is 61.7 Å². The van der Waals surface area contributed by atoms with Crippen LogP contribution in [0.4, 0.5) is 0 Å². The van der Waals surface area contributed by atoms with Crippen LogP contribution < -0.4 is 5.32 Å². The molecule has 0 bridgehead atoms. The van der Waals surface area contributed by atoms with Crippen LogP contribution in [0.2, 0.25) is 0 Å². The summed E-state index contributed by atoms with van der Waals surface area (Å²) in [6, 6.07) is 0.894. The Morgan fingerprint density at radius 3 is 2.82 bits per heavy atom. The van der Waals surface area contributed by atoms with Crippen molar-refractivity contribution >= 4 is 12.4 Å². The van der Waals surface area contributed by atoms with Crippen molar-refractivity contribution in [1.29, 1.82) is 0 Å². The summed E-state index contributed by atoms with van der Waals surface area (Å²) in [6.45, 7) is 9.19. The molecule has 17 heavy (non-hydrogen) atoms. The van der Waals surface area contributed by atoms with Crippen LogP contribution in [0.15, 0.2) is 0 Å². The van der Waals surface area contributed by atoms with E-state index in [1.54, 1.807) is 0 Å². The van der Waals surface area contributed by atoms with E-state index < -0.39 is 0 Å². The number of hydrogen-bond acceptors (Lipinski definition) is 3. The Hall–Kier alpha value is 0.170. The lowest BCUT2D eigenvalue weighted by molar-refractivity contribution is 0.0876. The Labute approximate surface area is 111 Å². The first-order valence-electron chi connectivity index (χ1n) is 7.09. The number of hydrogen-bond donors (Lipinski definition) is 1. The van der Waals surface area contributed by atoms with E-state index in [1.165, 1.54) is 71.5 Å². The van der Waals surface area contributed by atoms with Gasteiger partial charge in [-0.1, -0.05) is 0 Å². The zero-order chi connectivity index (χ0) is 10.8. The second kappa shape index (κ2) is 6.37. The fourth-order valence-electron chi connectivity index (χ4n) is 3.67. The largest absolute Gasteiger partial charge is 0.316 e. The maximum Gasteiger partial charge on any atom is 0.0224 e. The Bertz CT molecular complexity index is 231. The summed E-state index contributed by atoms with van der Waals surface area (Å²) in [5, 5.41) is 3.53. The Balaban J connectivity index is 0.00000108. The Kier molecular flexibility index (Phi) is 5.10. The maximum atomic E-state index is 3.53. The molecule has 3 aliphatic rings. The van der Waals surface area contributed by atoms with Gasteiger partial charge in [0.2, 0.25) is 0 Å². The Morgan fingerprint density at radius 1 is 1.06 bits per heavy atom. The minimum absolute atomic E-state index is 0.